The van der Waals surface area contributed by atoms with Crippen LogP contribution in [0.2, 0.25) is 5.02 Å². The van der Waals surface area contributed by atoms with E-state index in [2.05, 4.69) is 15.1 Å². The van der Waals surface area contributed by atoms with Gasteiger partial charge in [-0.3, -0.25) is 19.6 Å². The van der Waals surface area contributed by atoms with Gasteiger partial charge < -0.3 is 9.64 Å². The smallest absolute Gasteiger partial charge is 0.278 e. The van der Waals surface area contributed by atoms with Crippen molar-refractivity contribution in [2.45, 2.75) is 13.1 Å². The lowest BCUT2D eigenvalue weighted by molar-refractivity contribution is 0.0342. The van der Waals surface area contributed by atoms with Gasteiger partial charge in [0, 0.05) is 43.6 Å². The van der Waals surface area contributed by atoms with Gasteiger partial charge in [0.05, 0.1) is 18.7 Å². The molecule has 0 saturated carbocycles. The molecule has 8 heteroatoms. The monoisotopic (exact) mass is 426 g/mol. The van der Waals surface area contributed by atoms with E-state index in [4.69, 9.17) is 16.3 Å². The van der Waals surface area contributed by atoms with E-state index >= 15 is 0 Å². The second-order valence-electron chi connectivity index (χ2n) is 7.46. The fourth-order valence-electron chi connectivity index (χ4n) is 3.55. The highest BCUT2D eigenvalue weighted by atomic mass is 35.5. The van der Waals surface area contributed by atoms with Crippen molar-refractivity contribution < 1.29 is 9.53 Å². The number of amides is 1. The Labute approximate surface area is 179 Å². The largest absolute Gasteiger partial charge is 0.379 e. The number of carbonyl (C=O) groups excluding carboxylic acids is 1. The van der Waals surface area contributed by atoms with Gasteiger partial charge in [-0.2, -0.15) is 5.10 Å². The molecule has 1 saturated heterocycles. The Morgan fingerprint density at radius 2 is 1.87 bits per heavy atom. The van der Waals surface area contributed by atoms with Crippen LogP contribution in [0.1, 0.15) is 21.6 Å². The first-order valence-corrected chi connectivity index (χ1v) is 10.2. The van der Waals surface area contributed by atoms with Crippen LogP contribution in [-0.4, -0.2) is 59.3 Å². The van der Waals surface area contributed by atoms with Crippen molar-refractivity contribution in [3.63, 3.8) is 0 Å². The van der Waals surface area contributed by atoms with Crippen molar-refractivity contribution in [2.75, 3.05) is 33.4 Å². The summed E-state index contributed by atoms with van der Waals surface area (Å²) in [5.41, 5.74) is 2.08. The van der Waals surface area contributed by atoms with Gasteiger partial charge in [0.1, 0.15) is 0 Å². The van der Waals surface area contributed by atoms with Crippen molar-refractivity contribution in [3.05, 3.63) is 74.5 Å². The van der Waals surface area contributed by atoms with Crippen molar-refractivity contribution >= 4 is 28.4 Å². The molecule has 1 aromatic heterocycles. The van der Waals surface area contributed by atoms with E-state index < -0.39 is 5.91 Å². The summed E-state index contributed by atoms with van der Waals surface area (Å²) in [5.74, 6) is -0.424. The number of aromatic amines is 1. The van der Waals surface area contributed by atoms with E-state index in [1.165, 1.54) is 4.90 Å². The molecule has 1 fully saturated rings. The van der Waals surface area contributed by atoms with Gasteiger partial charge in [0.2, 0.25) is 5.43 Å². The van der Waals surface area contributed by atoms with Gasteiger partial charge in [-0.1, -0.05) is 29.8 Å². The zero-order chi connectivity index (χ0) is 21.1. The van der Waals surface area contributed by atoms with Crippen LogP contribution < -0.4 is 5.43 Å². The third-order valence-corrected chi connectivity index (χ3v) is 5.48. The second-order valence-corrected chi connectivity index (χ2v) is 7.89. The number of hydrogen-bond donors (Lipinski definition) is 1. The second kappa shape index (κ2) is 8.95. The molecular formula is C22H23ClN4O3. The average Bonchev–Trinajstić information content (AvgIpc) is 2.76. The number of fused-ring (bicyclic) bond motifs is 1. The first-order valence-electron chi connectivity index (χ1n) is 9.82. The van der Waals surface area contributed by atoms with Crippen molar-refractivity contribution in [3.8, 4) is 0 Å². The summed E-state index contributed by atoms with van der Waals surface area (Å²) in [6, 6.07) is 12.9. The van der Waals surface area contributed by atoms with E-state index in [1.54, 1.807) is 19.2 Å². The molecule has 0 spiro atoms. The zero-order valence-electron chi connectivity index (χ0n) is 16.7. The number of benzene rings is 2. The zero-order valence-corrected chi connectivity index (χ0v) is 17.5. The van der Waals surface area contributed by atoms with Crippen molar-refractivity contribution in [1.82, 2.24) is 20.0 Å². The molecule has 4 rings (SSSR count). The Morgan fingerprint density at radius 3 is 2.60 bits per heavy atom. The van der Waals surface area contributed by atoms with E-state index in [0.717, 1.165) is 44.0 Å². The van der Waals surface area contributed by atoms with E-state index in [1.807, 2.05) is 30.3 Å². The molecule has 0 aliphatic carbocycles. The maximum atomic E-state index is 13.0. The van der Waals surface area contributed by atoms with Gasteiger partial charge in [-0.05, 0) is 35.4 Å². The Hall–Kier alpha value is -2.74. The van der Waals surface area contributed by atoms with Crippen molar-refractivity contribution in [1.29, 1.82) is 0 Å². The fraction of sp³-hybridized carbons (Fsp3) is 0.318. The van der Waals surface area contributed by atoms with Gasteiger partial charge in [0.15, 0.2) is 5.69 Å². The lowest BCUT2D eigenvalue weighted by Gasteiger charge is -2.26. The third-order valence-electron chi connectivity index (χ3n) is 5.22. The van der Waals surface area contributed by atoms with Crippen LogP contribution in [0.25, 0.3) is 10.9 Å². The Morgan fingerprint density at radius 1 is 1.17 bits per heavy atom. The quantitative estimate of drug-likeness (QED) is 0.678. The van der Waals surface area contributed by atoms with Crippen LogP contribution in [0.4, 0.5) is 0 Å². The summed E-state index contributed by atoms with van der Waals surface area (Å²) in [6.07, 6.45) is 0. The average molecular weight is 427 g/mol. The lowest BCUT2D eigenvalue weighted by Crippen LogP contribution is -2.35. The molecule has 3 aromatic rings. The summed E-state index contributed by atoms with van der Waals surface area (Å²) in [6.45, 7) is 4.26. The number of ether oxygens (including phenoxy) is 1. The minimum atomic E-state index is -0.424. The highest BCUT2D eigenvalue weighted by Crippen LogP contribution is 2.15. The molecule has 0 radical (unpaired) electrons. The number of carbonyl (C=O) groups is 1. The van der Waals surface area contributed by atoms with Gasteiger partial charge >= 0.3 is 0 Å². The topological polar surface area (TPSA) is 78.5 Å². The van der Waals surface area contributed by atoms with E-state index in [-0.39, 0.29) is 11.1 Å². The summed E-state index contributed by atoms with van der Waals surface area (Å²) >= 11 is 5.91. The maximum absolute atomic E-state index is 13.0. The van der Waals surface area contributed by atoms with Crippen LogP contribution in [0, 0.1) is 0 Å². The fourth-order valence-corrected chi connectivity index (χ4v) is 3.67. The SMILES string of the molecule is CN(Cc1ccc(Cl)cc1)C(=O)c1n[nH]c2ccc(CN3CCOCC3)cc2c1=O. The highest BCUT2D eigenvalue weighted by Gasteiger charge is 2.20. The van der Waals surface area contributed by atoms with Crippen LogP contribution >= 0.6 is 11.6 Å². The van der Waals surface area contributed by atoms with Gasteiger partial charge in [-0.15, -0.1) is 0 Å². The highest BCUT2D eigenvalue weighted by molar-refractivity contribution is 6.30. The standard InChI is InChI=1S/C22H23ClN4O3/c1-26(13-15-2-5-17(23)6-3-15)22(29)20-21(28)18-12-16(4-7-19(18)24-25-20)14-27-8-10-30-11-9-27/h2-7,12H,8-11,13-14H2,1H3,(H,24,28). The first kappa shape index (κ1) is 20.5. The molecule has 0 unspecified atom stereocenters. The summed E-state index contributed by atoms with van der Waals surface area (Å²) < 4.78 is 5.39. The van der Waals surface area contributed by atoms with Crippen LogP contribution in [-0.2, 0) is 17.8 Å². The predicted octanol–water partition coefficient (Wildman–Crippen LogP) is 2.68. The summed E-state index contributed by atoms with van der Waals surface area (Å²) in [7, 11) is 1.65. The van der Waals surface area contributed by atoms with E-state index in [0.29, 0.717) is 22.5 Å². The lowest BCUT2D eigenvalue weighted by atomic mass is 10.1. The molecule has 1 aliphatic rings. The summed E-state index contributed by atoms with van der Waals surface area (Å²) in [5, 5.41) is 8.01. The number of halogens is 1. The third kappa shape index (κ3) is 4.53. The Bertz CT molecular complexity index is 1110. The van der Waals surface area contributed by atoms with Crippen molar-refractivity contribution in [2.24, 2.45) is 0 Å². The number of morpholine rings is 1. The molecule has 156 valence electrons. The molecule has 1 amide bonds. The summed E-state index contributed by atoms with van der Waals surface area (Å²) in [4.78, 5) is 29.7. The molecule has 7 nitrogen and oxygen atoms in total. The molecule has 2 aromatic carbocycles. The van der Waals surface area contributed by atoms with Gasteiger partial charge in [-0.25, -0.2) is 0 Å². The van der Waals surface area contributed by atoms with Crippen LogP contribution in [0.15, 0.2) is 47.3 Å². The van der Waals surface area contributed by atoms with Crippen LogP contribution in [0.3, 0.4) is 0 Å². The minimum absolute atomic E-state index is 0.109. The molecule has 2 heterocycles. The number of H-pyrrole nitrogens is 1. The number of nitrogens with one attached hydrogen (secondary N) is 1. The van der Waals surface area contributed by atoms with Crippen LogP contribution in [0.5, 0.6) is 0 Å². The Kier molecular flexibility index (Phi) is 6.13. The molecular weight excluding hydrogens is 404 g/mol. The molecule has 0 bridgehead atoms. The molecule has 1 aliphatic heterocycles. The predicted molar refractivity (Wildman–Crippen MR) is 116 cm³/mol. The molecule has 1 N–H and O–H groups in total. The minimum Gasteiger partial charge on any atom is -0.379 e. The number of aromatic nitrogens is 2. The maximum Gasteiger partial charge on any atom is 0.278 e. The normalized spacial score (nSPS) is 14.7. The molecule has 30 heavy (non-hydrogen) atoms. The Balaban J connectivity index is 1.57. The first-order chi connectivity index (χ1) is 14.5. The number of hydrogen-bond acceptors (Lipinski definition) is 5. The number of nitrogens with zero attached hydrogens (tertiary/aromatic N) is 3. The van der Waals surface area contributed by atoms with E-state index in [9.17, 15) is 9.59 Å². The van der Waals surface area contributed by atoms with Gasteiger partial charge in [0.25, 0.3) is 5.91 Å². The number of rotatable bonds is 5. The molecule has 0 atom stereocenters.